The third-order valence-electron chi connectivity index (χ3n) is 2.90. The molecule has 0 bridgehead atoms. The molecule has 104 valence electrons. The predicted octanol–water partition coefficient (Wildman–Crippen LogP) is 1.02. The number of benzene rings is 1. The van der Waals surface area contributed by atoms with Crippen LogP contribution in [-0.2, 0) is 11.8 Å². The minimum Gasteiger partial charge on any atom is -0.481 e. The fourth-order valence-electron chi connectivity index (χ4n) is 1.85. The zero-order valence-electron chi connectivity index (χ0n) is 11.0. The van der Waals surface area contributed by atoms with Crippen molar-refractivity contribution in [1.82, 2.24) is 14.9 Å². The highest BCUT2D eigenvalue weighted by molar-refractivity contribution is 5.92. The van der Waals surface area contributed by atoms with E-state index in [1.54, 1.807) is 42.1 Å². The normalized spacial score (nSPS) is 11.8. The fourth-order valence-corrected chi connectivity index (χ4v) is 1.85. The number of carboxylic acids is 1. The summed E-state index contributed by atoms with van der Waals surface area (Å²) in [4.78, 5) is 27.0. The third-order valence-corrected chi connectivity index (χ3v) is 2.90. The Morgan fingerprint density at radius 2 is 2.05 bits per heavy atom. The fraction of sp³-hybridized carbons (Fsp3) is 0.214. The molecule has 1 amide bonds. The first-order valence-electron chi connectivity index (χ1n) is 6.12. The summed E-state index contributed by atoms with van der Waals surface area (Å²) in [6.45, 7) is 0.0226. The molecule has 0 aliphatic heterocycles. The number of nitrogens with zero attached hydrogens (tertiary/aromatic N) is 2. The smallest absolute Gasteiger partial charge is 0.312 e. The standard InChI is InChI=1S/C14H15N3O3/c1-17-8-12(16-9-17)13(18)15-7-11(14(19)20)10-5-3-2-4-6-10/h2-6,8-9,11H,7H2,1H3,(H,15,18)(H,19,20). The van der Waals surface area contributed by atoms with E-state index in [1.807, 2.05) is 6.07 Å². The van der Waals surface area contributed by atoms with Crippen molar-refractivity contribution in [3.05, 3.63) is 54.1 Å². The Morgan fingerprint density at radius 3 is 2.60 bits per heavy atom. The second kappa shape index (κ2) is 6.01. The average molecular weight is 273 g/mol. The summed E-state index contributed by atoms with van der Waals surface area (Å²) in [5, 5.41) is 11.8. The number of hydrogen-bond acceptors (Lipinski definition) is 3. The monoisotopic (exact) mass is 273 g/mol. The molecule has 0 saturated heterocycles. The topological polar surface area (TPSA) is 84.2 Å². The molecular weight excluding hydrogens is 258 g/mol. The summed E-state index contributed by atoms with van der Waals surface area (Å²) >= 11 is 0. The Morgan fingerprint density at radius 1 is 1.35 bits per heavy atom. The molecular formula is C14H15N3O3. The van der Waals surface area contributed by atoms with Crippen molar-refractivity contribution < 1.29 is 14.7 Å². The van der Waals surface area contributed by atoms with Gasteiger partial charge in [0.25, 0.3) is 5.91 Å². The molecule has 2 rings (SSSR count). The number of carbonyl (C=O) groups is 2. The van der Waals surface area contributed by atoms with E-state index >= 15 is 0 Å². The molecule has 1 aromatic carbocycles. The number of aromatic nitrogens is 2. The van der Waals surface area contributed by atoms with Gasteiger partial charge in [-0.25, -0.2) is 4.98 Å². The largest absolute Gasteiger partial charge is 0.481 e. The third kappa shape index (κ3) is 3.23. The van der Waals surface area contributed by atoms with E-state index in [4.69, 9.17) is 0 Å². The number of imidazole rings is 1. The van der Waals surface area contributed by atoms with Crippen LogP contribution in [0.3, 0.4) is 0 Å². The van der Waals surface area contributed by atoms with E-state index in [9.17, 15) is 14.7 Å². The molecule has 2 aromatic rings. The van der Waals surface area contributed by atoms with Crippen molar-refractivity contribution in [3.63, 3.8) is 0 Å². The molecule has 0 spiro atoms. The van der Waals surface area contributed by atoms with Gasteiger partial charge in [0.1, 0.15) is 5.69 Å². The van der Waals surface area contributed by atoms with Crippen LogP contribution in [0.5, 0.6) is 0 Å². The molecule has 20 heavy (non-hydrogen) atoms. The molecule has 0 aliphatic rings. The van der Waals surface area contributed by atoms with Gasteiger partial charge >= 0.3 is 5.97 Å². The van der Waals surface area contributed by atoms with Gasteiger partial charge in [0.05, 0.1) is 12.2 Å². The molecule has 0 saturated carbocycles. The van der Waals surface area contributed by atoms with Crippen LogP contribution in [0.2, 0.25) is 0 Å². The van der Waals surface area contributed by atoms with Crippen molar-refractivity contribution in [2.24, 2.45) is 7.05 Å². The van der Waals surface area contributed by atoms with Crippen LogP contribution in [0.25, 0.3) is 0 Å². The van der Waals surface area contributed by atoms with Gasteiger partial charge in [-0.15, -0.1) is 0 Å². The zero-order chi connectivity index (χ0) is 14.5. The summed E-state index contributed by atoms with van der Waals surface area (Å²) in [5.74, 6) is -2.13. The average Bonchev–Trinajstić information content (AvgIpc) is 2.86. The van der Waals surface area contributed by atoms with Crippen LogP contribution in [0.1, 0.15) is 22.0 Å². The lowest BCUT2D eigenvalue weighted by atomic mass is 9.99. The van der Waals surface area contributed by atoms with Gasteiger partial charge in [-0.3, -0.25) is 9.59 Å². The summed E-state index contributed by atoms with van der Waals surface area (Å²) in [7, 11) is 1.76. The molecule has 0 radical (unpaired) electrons. The van der Waals surface area contributed by atoms with Crippen LogP contribution in [0.15, 0.2) is 42.9 Å². The maximum atomic E-state index is 11.8. The maximum absolute atomic E-state index is 11.8. The van der Waals surface area contributed by atoms with E-state index in [0.717, 1.165) is 0 Å². The van der Waals surface area contributed by atoms with Crippen LogP contribution in [0, 0.1) is 0 Å². The lowest BCUT2D eigenvalue weighted by molar-refractivity contribution is -0.138. The van der Waals surface area contributed by atoms with E-state index < -0.39 is 11.9 Å². The van der Waals surface area contributed by atoms with E-state index in [-0.39, 0.29) is 18.1 Å². The van der Waals surface area contributed by atoms with Gasteiger partial charge in [-0.2, -0.15) is 0 Å². The summed E-state index contributed by atoms with van der Waals surface area (Å²) in [5.41, 5.74) is 0.922. The van der Waals surface area contributed by atoms with Gasteiger partial charge in [0.15, 0.2) is 0 Å². The molecule has 6 nitrogen and oxygen atoms in total. The summed E-state index contributed by atoms with van der Waals surface area (Å²) < 4.78 is 1.65. The highest BCUT2D eigenvalue weighted by Crippen LogP contribution is 2.14. The number of nitrogens with one attached hydrogen (secondary N) is 1. The number of aryl methyl sites for hydroxylation is 1. The second-order valence-electron chi connectivity index (χ2n) is 4.44. The van der Waals surface area contributed by atoms with E-state index in [0.29, 0.717) is 5.56 Å². The number of carboxylic acid groups (broad SMARTS) is 1. The quantitative estimate of drug-likeness (QED) is 0.851. The minimum absolute atomic E-state index is 0.0226. The Hall–Kier alpha value is -2.63. The summed E-state index contributed by atoms with van der Waals surface area (Å²) in [6, 6.07) is 8.81. The first-order chi connectivity index (χ1) is 9.58. The Labute approximate surface area is 116 Å². The number of aliphatic carboxylic acids is 1. The Bertz CT molecular complexity index is 607. The van der Waals surface area contributed by atoms with Gasteiger partial charge in [-0.1, -0.05) is 30.3 Å². The van der Waals surface area contributed by atoms with Gasteiger partial charge < -0.3 is 15.0 Å². The minimum atomic E-state index is -0.975. The van der Waals surface area contributed by atoms with Crippen molar-refractivity contribution >= 4 is 11.9 Å². The van der Waals surface area contributed by atoms with E-state index in [1.165, 1.54) is 6.33 Å². The van der Waals surface area contributed by atoms with Crippen LogP contribution in [0.4, 0.5) is 0 Å². The van der Waals surface area contributed by atoms with Crippen molar-refractivity contribution in [2.75, 3.05) is 6.54 Å². The van der Waals surface area contributed by atoms with Crippen molar-refractivity contribution in [3.8, 4) is 0 Å². The molecule has 0 fully saturated rings. The van der Waals surface area contributed by atoms with Gasteiger partial charge in [0.2, 0.25) is 0 Å². The molecule has 2 N–H and O–H groups in total. The number of hydrogen-bond donors (Lipinski definition) is 2. The Balaban J connectivity index is 2.03. The molecule has 1 unspecified atom stereocenters. The molecule has 1 aromatic heterocycles. The zero-order valence-corrected chi connectivity index (χ0v) is 11.0. The maximum Gasteiger partial charge on any atom is 0.312 e. The Kier molecular flexibility index (Phi) is 4.14. The first-order valence-corrected chi connectivity index (χ1v) is 6.12. The van der Waals surface area contributed by atoms with Gasteiger partial charge in [-0.05, 0) is 5.56 Å². The predicted molar refractivity (Wildman–Crippen MR) is 72.4 cm³/mol. The second-order valence-corrected chi connectivity index (χ2v) is 4.44. The highest BCUT2D eigenvalue weighted by atomic mass is 16.4. The first kappa shape index (κ1) is 13.8. The van der Waals surface area contributed by atoms with E-state index in [2.05, 4.69) is 10.3 Å². The van der Waals surface area contributed by atoms with Crippen molar-refractivity contribution in [1.29, 1.82) is 0 Å². The van der Waals surface area contributed by atoms with Crippen LogP contribution >= 0.6 is 0 Å². The summed E-state index contributed by atoms with van der Waals surface area (Å²) in [6.07, 6.45) is 3.09. The molecule has 1 atom stereocenters. The van der Waals surface area contributed by atoms with Gasteiger partial charge in [0, 0.05) is 19.8 Å². The lowest BCUT2D eigenvalue weighted by Gasteiger charge is -2.13. The molecule has 1 heterocycles. The van der Waals surface area contributed by atoms with Crippen molar-refractivity contribution in [2.45, 2.75) is 5.92 Å². The highest BCUT2D eigenvalue weighted by Gasteiger charge is 2.21. The number of rotatable bonds is 5. The number of amides is 1. The molecule has 0 aliphatic carbocycles. The lowest BCUT2D eigenvalue weighted by Crippen LogP contribution is -2.31. The SMILES string of the molecule is Cn1cnc(C(=O)NCC(C(=O)O)c2ccccc2)c1. The molecule has 6 heteroatoms. The van der Waals surface area contributed by atoms with Crippen LogP contribution < -0.4 is 5.32 Å². The van der Waals surface area contributed by atoms with Crippen LogP contribution in [-0.4, -0.2) is 33.1 Å². The number of carbonyl (C=O) groups excluding carboxylic acids is 1.